The average molecular weight is 356 g/mol. The zero-order valence-corrected chi connectivity index (χ0v) is 16.0. The predicted molar refractivity (Wildman–Crippen MR) is 99.4 cm³/mol. The Morgan fingerprint density at radius 3 is 2.81 bits per heavy atom. The molecule has 0 amide bonds. The van der Waals surface area contributed by atoms with Crippen molar-refractivity contribution in [1.29, 1.82) is 0 Å². The number of aryl methyl sites for hydroxylation is 2. The highest BCUT2D eigenvalue weighted by Gasteiger charge is 2.27. The van der Waals surface area contributed by atoms with Crippen LogP contribution in [0.1, 0.15) is 47.3 Å². The van der Waals surface area contributed by atoms with E-state index in [9.17, 15) is 0 Å². The lowest BCUT2D eigenvalue weighted by atomic mass is 10.0. The van der Waals surface area contributed by atoms with Crippen molar-refractivity contribution in [3.05, 3.63) is 40.5 Å². The van der Waals surface area contributed by atoms with Crippen molar-refractivity contribution in [2.75, 3.05) is 26.8 Å². The standard InChI is InChI=1S/C20H28N4O2/c1-14-12-18(25-3)15(2)11-16(14)13-23-7-6-19-21-22-20(24(19)9-8-23)17-5-4-10-26-17/h11-12,17H,4-10,13H2,1-3H3/t17-/m1/s1. The van der Waals surface area contributed by atoms with Crippen molar-refractivity contribution in [1.82, 2.24) is 19.7 Å². The Morgan fingerprint density at radius 1 is 1.15 bits per heavy atom. The largest absolute Gasteiger partial charge is 0.496 e. The number of fused-ring (bicyclic) bond motifs is 1. The first-order valence-electron chi connectivity index (χ1n) is 9.55. The van der Waals surface area contributed by atoms with Gasteiger partial charge < -0.3 is 14.0 Å². The molecule has 26 heavy (non-hydrogen) atoms. The van der Waals surface area contributed by atoms with Crippen LogP contribution < -0.4 is 4.74 Å². The number of nitrogens with zero attached hydrogens (tertiary/aromatic N) is 4. The summed E-state index contributed by atoms with van der Waals surface area (Å²) in [7, 11) is 1.73. The smallest absolute Gasteiger partial charge is 0.162 e. The zero-order valence-electron chi connectivity index (χ0n) is 16.0. The highest BCUT2D eigenvalue weighted by molar-refractivity contribution is 5.41. The molecule has 2 aliphatic rings. The lowest BCUT2D eigenvalue weighted by Crippen LogP contribution is -2.27. The Hall–Kier alpha value is -1.92. The van der Waals surface area contributed by atoms with Crippen LogP contribution in [0.15, 0.2) is 12.1 Å². The van der Waals surface area contributed by atoms with Gasteiger partial charge in [0.05, 0.1) is 7.11 Å². The maximum absolute atomic E-state index is 5.83. The Labute approximate surface area is 155 Å². The van der Waals surface area contributed by atoms with Crippen molar-refractivity contribution >= 4 is 0 Å². The van der Waals surface area contributed by atoms with Crippen LogP contribution in [0.2, 0.25) is 0 Å². The van der Waals surface area contributed by atoms with E-state index in [0.717, 1.165) is 69.4 Å². The van der Waals surface area contributed by atoms with Gasteiger partial charge in [0.15, 0.2) is 5.82 Å². The van der Waals surface area contributed by atoms with E-state index in [1.54, 1.807) is 7.11 Å². The third kappa shape index (κ3) is 3.35. The maximum atomic E-state index is 5.83. The summed E-state index contributed by atoms with van der Waals surface area (Å²) in [6.45, 7) is 9.04. The van der Waals surface area contributed by atoms with Gasteiger partial charge in [-0.15, -0.1) is 10.2 Å². The minimum Gasteiger partial charge on any atom is -0.496 e. The first-order chi connectivity index (χ1) is 12.7. The van der Waals surface area contributed by atoms with Gasteiger partial charge in [-0.1, -0.05) is 6.07 Å². The molecule has 6 nitrogen and oxygen atoms in total. The molecule has 1 aromatic heterocycles. The number of ether oxygens (including phenoxy) is 2. The van der Waals surface area contributed by atoms with Crippen LogP contribution in [0.4, 0.5) is 0 Å². The van der Waals surface area contributed by atoms with Gasteiger partial charge in [-0.25, -0.2) is 0 Å². The highest BCUT2D eigenvalue weighted by Crippen LogP contribution is 2.29. The van der Waals surface area contributed by atoms with Crippen molar-refractivity contribution < 1.29 is 9.47 Å². The first kappa shape index (κ1) is 17.5. The Bertz CT molecular complexity index is 780. The van der Waals surface area contributed by atoms with E-state index < -0.39 is 0 Å². The van der Waals surface area contributed by atoms with Crippen molar-refractivity contribution in [3.8, 4) is 5.75 Å². The molecule has 6 heteroatoms. The van der Waals surface area contributed by atoms with Crippen molar-refractivity contribution in [2.24, 2.45) is 0 Å². The second-order valence-electron chi connectivity index (χ2n) is 7.40. The number of hydrogen-bond donors (Lipinski definition) is 0. The number of benzene rings is 1. The third-order valence-electron chi connectivity index (χ3n) is 5.61. The predicted octanol–water partition coefficient (Wildman–Crippen LogP) is 2.81. The van der Waals surface area contributed by atoms with E-state index >= 15 is 0 Å². The van der Waals surface area contributed by atoms with E-state index in [0.29, 0.717) is 0 Å². The summed E-state index contributed by atoms with van der Waals surface area (Å²) in [6.07, 6.45) is 3.25. The van der Waals surface area contributed by atoms with Crippen LogP contribution in [0.5, 0.6) is 5.75 Å². The maximum Gasteiger partial charge on any atom is 0.162 e. The molecule has 1 saturated heterocycles. The van der Waals surface area contributed by atoms with E-state index in [-0.39, 0.29) is 6.10 Å². The lowest BCUT2D eigenvalue weighted by molar-refractivity contribution is 0.101. The van der Waals surface area contributed by atoms with Gasteiger partial charge >= 0.3 is 0 Å². The molecule has 3 heterocycles. The van der Waals surface area contributed by atoms with Gasteiger partial charge in [0.1, 0.15) is 17.7 Å². The van der Waals surface area contributed by atoms with Crippen LogP contribution in [0.25, 0.3) is 0 Å². The Balaban J connectivity index is 1.47. The van der Waals surface area contributed by atoms with Gasteiger partial charge in [0.25, 0.3) is 0 Å². The van der Waals surface area contributed by atoms with Gasteiger partial charge in [0.2, 0.25) is 0 Å². The summed E-state index contributed by atoms with van der Waals surface area (Å²) in [6, 6.07) is 4.41. The van der Waals surface area contributed by atoms with Gasteiger partial charge in [0, 0.05) is 39.2 Å². The molecule has 0 N–H and O–H groups in total. The van der Waals surface area contributed by atoms with Crippen molar-refractivity contribution in [2.45, 2.75) is 52.3 Å². The molecule has 1 fully saturated rings. The minimum absolute atomic E-state index is 0.134. The number of aromatic nitrogens is 3. The highest BCUT2D eigenvalue weighted by atomic mass is 16.5. The summed E-state index contributed by atoms with van der Waals surface area (Å²) >= 11 is 0. The molecule has 4 rings (SSSR count). The van der Waals surface area contributed by atoms with E-state index in [1.807, 2.05) is 0 Å². The second kappa shape index (κ2) is 7.37. The van der Waals surface area contributed by atoms with Gasteiger partial charge in [-0.2, -0.15) is 0 Å². The molecule has 0 bridgehead atoms. The van der Waals surface area contributed by atoms with Crippen LogP contribution in [0, 0.1) is 13.8 Å². The average Bonchev–Trinajstić information content (AvgIpc) is 3.25. The normalized spacial score (nSPS) is 20.8. The number of hydrogen-bond acceptors (Lipinski definition) is 5. The van der Waals surface area contributed by atoms with Crippen LogP contribution in [-0.4, -0.2) is 46.5 Å². The Morgan fingerprint density at radius 2 is 2.04 bits per heavy atom. The van der Waals surface area contributed by atoms with Gasteiger partial charge in [-0.05, 0) is 49.4 Å². The fourth-order valence-corrected chi connectivity index (χ4v) is 4.05. The SMILES string of the molecule is COc1cc(C)c(CN2CCc3nnc([C@H]4CCCO4)n3CC2)cc1C. The summed E-state index contributed by atoms with van der Waals surface area (Å²) < 4.78 is 13.6. The van der Waals surface area contributed by atoms with Crippen LogP contribution in [-0.2, 0) is 24.2 Å². The summed E-state index contributed by atoms with van der Waals surface area (Å²) in [4.78, 5) is 2.52. The fraction of sp³-hybridized carbons (Fsp3) is 0.600. The minimum atomic E-state index is 0.134. The molecular weight excluding hydrogens is 328 g/mol. The second-order valence-corrected chi connectivity index (χ2v) is 7.40. The Kier molecular flexibility index (Phi) is 4.96. The number of rotatable bonds is 4. The molecule has 2 aromatic rings. The quantitative estimate of drug-likeness (QED) is 0.843. The molecule has 0 aliphatic carbocycles. The van der Waals surface area contributed by atoms with Crippen molar-refractivity contribution in [3.63, 3.8) is 0 Å². The molecule has 0 spiro atoms. The van der Waals surface area contributed by atoms with Crippen LogP contribution >= 0.6 is 0 Å². The van der Waals surface area contributed by atoms with E-state index in [4.69, 9.17) is 9.47 Å². The molecule has 0 unspecified atom stereocenters. The molecule has 0 saturated carbocycles. The summed E-state index contributed by atoms with van der Waals surface area (Å²) in [5.41, 5.74) is 3.86. The molecule has 0 radical (unpaired) electrons. The lowest BCUT2D eigenvalue weighted by Gasteiger charge is -2.22. The van der Waals surface area contributed by atoms with Crippen LogP contribution in [0.3, 0.4) is 0 Å². The topological polar surface area (TPSA) is 52.4 Å². The summed E-state index contributed by atoms with van der Waals surface area (Å²) in [5.74, 6) is 3.09. The van der Waals surface area contributed by atoms with E-state index in [2.05, 4.69) is 45.6 Å². The first-order valence-corrected chi connectivity index (χ1v) is 9.55. The van der Waals surface area contributed by atoms with Gasteiger partial charge in [-0.3, -0.25) is 4.90 Å². The van der Waals surface area contributed by atoms with E-state index in [1.165, 1.54) is 16.7 Å². The molecule has 140 valence electrons. The monoisotopic (exact) mass is 356 g/mol. The zero-order chi connectivity index (χ0) is 18.1. The molecular formula is C20H28N4O2. The molecule has 2 aliphatic heterocycles. The number of methoxy groups -OCH3 is 1. The molecule has 1 aromatic carbocycles. The third-order valence-corrected chi connectivity index (χ3v) is 5.61. The summed E-state index contributed by atoms with van der Waals surface area (Å²) in [5, 5.41) is 8.88. The fourth-order valence-electron chi connectivity index (χ4n) is 4.05. The molecule has 1 atom stereocenters.